The Morgan fingerprint density at radius 2 is 2.04 bits per heavy atom. The number of carbonyl (C=O) groups excluding carboxylic acids is 1. The number of nitrogens with one attached hydrogen (secondary N) is 2. The fourth-order valence-corrected chi connectivity index (χ4v) is 5.88. The standard InChI is InChI=1S/C19H28N4O2/c24-18(21-14-5-1-2-6-15(14)23-11-4-10-20-23)22-16-13-7-12-25-17(13)19(16)8-3-9-19/h4,10-11,13-17H,1-3,5-9,12H2,(H2,21,22,24)/t13-,14-,15+,16-,17+/m1/s1. The predicted molar refractivity (Wildman–Crippen MR) is 93.1 cm³/mol. The predicted octanol–water partition coefficient (Wildman–Crippen LogP) is 2.62. The van der Waals surface area contributed by atoms with Crippen molar-refractivity contribution >= 4 is 6.03 Å². The van der Waals surface area contributed by atoms with E-state index in [-0.39, 0.29) is 23.5 Å². The Morgan fingerprint density at radius 3 is 2.80 bits per heavy atom. The fourth-order valence-electron chi connectivity index (χ4n) is 5.88. The fraction of sp³-hybridized carbons (Fsp3) is 0.789. The largest absolute Gasteiger partial charge is 0.377 e. The van der Waals surface area contributed by atoms with Crippen molar-refractivity contribution in [3.63, 3.8) is 0 Å². The van der Waals surface area contributed by atoms with E-state index in [4.69, 9.17) is 4.74 Å². The number of aromatic nitrogens is 2. The monoisotopic (exact) mass is 344 g/mol. The molecule has 1 spiro atoms. The molecule has 5 atom stereocenters. The van der Waals surface area contributed by atoms with Crippen LogP contribution in [-0.2, 0) is 4.74 Å². The summed E-state index contributed by atoms with van der Waals surface area (Å²) in [5, 5.41) is 11.0. The van der Waals surface area contributed by atoms with Gasteiger partial charge in [-0.15, -0.1) is 0 Å². The van der Waals surface area contributed by atoms with E-state index in [9.17, 15) is 4.79 Å². The van der Waals surface area contributed by atoms with Gasteiger partial charge in [0.15, 0.2) is 0 Å². The zero-order chi connectivity index (χ0) is 16.9. The molecule has 25 heavy (non-hydrogen) atoms. The lowest BCUT2D eigenvalue weighted by molar-refractivity contribution is -0.172. The molecule has 6 heteroatoms. The van der Waals surface area contributed by atoms with Gasteiger partial charge in [0.05, 0.1) is 18.2 Å². The lowest BCUT2D eigenvalue weighted by Crippen LogP contribution is -2.72. The van der Waals surface area contributed by atoms with E-state index in [1.165, 1.54) is 32.1 Å². The minimum atomic E-state index is 0.00526. The van der Waals surface area contributed by atoms with E-state index >= 15 is 0 Å². The van der Waals surface area contributed by atoms with Gasteiger partial charge in [0, 0.05) is 36.4 Å². The van der Waals surface area contributed by atoms with Gasteiger partial charge in [-0.05, 0) is 38.2 Å². The van der Waals surface area contributed by atoms with Crippen molar-refractivity contribution in [3.05, 3.63) is 18.5 Å². The van der Waals surface area contributed by atoms with Crippen LogP contribution >= 0.6 is 0 Å². The summed E-state index contributed by atoms with van der Waals surface area (Å²) in [6, 6.07) is 2.71. The van der Waals surface area contributed by atoms with Crippen molar-refractivity contribution in [3.8, 4) is 0 Å². The van der Waals surface area contributed by atoms with Crippen LogP contribution in [0.3, 0.4) is 0 Å². The zero-order valence-corrected chi connectivity index (χ0v) is 14.7. The highest BCUT2D eigenvalue weighted by molar-refractivity contribution is 5.75. The summed E-state index contributed by atoms with van der Waals surface area (Å²) in [4.78, 5) is 12.8. The Morgan fingerprint density at radius 1 is 1.16 bits per heavy atom. The molecular weight excluding hydrogens is 316 g/mol. The topological polar surface area (TPSA) is 68.2 Å². The average Bonchev–Trinajstić information content (AvgIpc) is 3.22. The second-order valence-corrected chi connectivity index (χ2v) is 8.37. The van der Waals surface area contributed by atoms with Crippen LogP contribution in [0.2, 0.25) is 0 Å². The molecule has 4 aliphatic rings. The van der Waals surface area contributed by atoms with Gasteiger partial charge in [0.1, 0.15) is 0 Å². The van der Waals surface area contributed by atoms with E-state index in [0.29, 0.717) is 18.1 Å². The molecular formula is C19H28N4O2. The maximum Gasteiger partial charge on any atom is 0.315 e. The van der Waals surface area contributed by atoms with Crippen molar-refractivity contribution in [2.75, 3.05) is 6.61 Å². The molecule has 2 N–H and O–H groups in total. The van der Waals surface area contributed by atoms with E-state index < -0.39 is 0 Å². The van der Waals surface area contributed by atoms with Crippen molar-refractivity contribution < 1.29 is 9.53 Å². The second kappa shape index (κ2) is 6.01. The second-order valence-electron chi connectivity index (χ2n) is 8.37. The number of fused-ring (bicyclic) bond motifs is 2. The number of hydrogen-bond acceptors (Lipinski definition) is 3. The molecule has 3 saturated carbocycles. The van der Waals surface area contributed by atoms with Crippen molar-refractivity contribution in [1.82, 2.24) is 20.4 Å². The third-order valence-electron chi connectivity index (χ3n) is 7.23. The summed E-state index contributed by atoms with van der Waals surface area (Å²) >= 11 is 0. The molecule has 1 aliphatic heterocycles. The highest BCUT2D eigenvalue weighted by Crippen LogP contribution is 2.62. The maximum atomic E-state index is 12.8. The maximum absolute atomic E-state index is 12.8. The van der Waals surface area contributed by atoms with Gasteiger partial charge in [0.25, 0.3) is 0 Å². The normalized spacial score (nSPS) is 38.5. The number of urea groups is 1. The summed E-state index contributed by atoms with van der Waals surface area (Å²) in [5.41, 5.74) is 0.243. The van der Waals surface area contributed by atoms with E-state index in [1.54, 1.807) is 0 Å². The molecule has 1 saturated heterocycles. The highest BCUT2D eigenvalue weighted by Gasteiger charge is 2.67. The molecule has 1 aromatic rings. The molecule has 0 aromatic carbocycles. The van der Waals surface area contributed by atoms with Crippen LogP contribution in [0.5, 0.6) is 0 Å². The molecule has 6 nitrogen and oxygen atoms in total. The third-order valence-corrected chi connectivity index (χ3v) is 7.23. The molecule has 136 valence electrons. The average molecular weight is 344 g/mol. The van der Waals surface area contributed by atoms with Crippen molar-refractivity contribution in [1.29, 1.82) is 0 Å². The number of rotatable bonds is 3. The Kier molecular flexibility index (Phi) is 3.77. The number of nitrogens with zero attached hydrogens (tertiary/aromatic N) is 2. The smallest absolute Gasteiger partial charge is 0.315 e. The molecule has 0 bridgehead atoms. The summed E-state index contributed by atoms with van der Waals surface area (Å²) in [7, 11) is 0. The van der Waals surface area contributed by atoms with E-state index in [0.717, 1.165) is 25.9 Å². The minimum absolute atomic E-state index is 0.00526. The van der Waals surface area contributed by atoms with E-state index in [1.807, 2.05) is 23.1 Å². The van der Waals surface area contributed by atoms with Gasteiger partial charge in [-0.25, -0.2) is 4.79 Å². The Hall–Kier alpha value is -1.56. The van der Waals surface area contributed by atoms with Gasteiger partial charge >= 0.3 is 6.03 Å². The lowest BCUT2D eigenvalue weighted by Gasteiger charge is -2.63. The van der Waals surface area contributed by atoms with Crippen LogP contribution in [-0.4, -0.2) is 40.6 Å². The van der Waals surface area contributed by atoms with Gasteiger partial charge in [0.2, 0.25) is 0 Å². The molecule has 2 heterocycles. The molecule has 3 aliphatic carbocycles. The first-order valence-electron chi connectivity index (χ1n) is 9.96. The molecule has 5 rings (SSSR count). The van der Waals surface area contributed by atoms with Crippen molar-refractivity contribution in [2.24, 2.45) is 11.3 Å². The van der Waals surface area contributed by atoms with Crippen LogP contribution in [0.1, 0.15) is 57.4 Å². The molecule has 0 unspecified atom stereocenters. The Bertz CT molecular complexity index is 627. The number of ether oxygens (including phenoxy) is 1. The summed E-state index contributed by atoms with van der Waals surface area (Å²) in [6.07, 6.45) is 13.5. The van der Waals surface area contributed by atoms with E-state index in [2.05, 4.69) is 15.7 Å². The molecule has 4 fully saturated rings. The SMILES string of the molecule is O=C(N[C@@H]1[C@H]2CCO[C@@H]2C12CCC2)N[C@@H]1CCCC[C@@H]1n1cccn1. The summed E-state index contributed by atoms with van der Waals surface area (Å²) in [5.74, 6) is 0.527. The third kappa shape index (κ3) is 2.40. The Balaban J connectivity index is 1.24. The lowest BCUT2D eigenvalue weighted by atomic mass is 9.46. The van der Waals surface area contributed by atoms with Crippen LogP contribution < -0.4 is 10.6 Å². The first kappa shape index (κ1) is 15.7. The summed E-state index contributed by atoms with van der Waals surface area (Å²) < 4.78 is 7.97. The number of hydrogen-bond donors (Lipinski definition) is 2. The first-order chi connectivity index (χ1) is 12.3. The number of carbonyl (C=O) groups is 1. The van der Waals surface area contributed by atoms with Crippen molar-refractivity contribution in [2.45, 2.75) is 75.6 Å². The number of amides is 2. The van der Waals surface area contributed by atoms with Crippen LogP contribution in [0.15, 0.2) is 18.5 Å². The molecule has 0 radical (unpaired) electrons. The van der Waals surface area contributed by atoms with Gasteiger partial charge in [-0.1, -0.05) is 19.3 Å². The van der Waals surface area contributed by atoms with Gasteiger partial charge in [-0.2, -0.15) is 5.10 Å². The Labute approximate surface area is 148 Å². The van der Waals surface area contributed by atoms with Crippen LogP contribution in [0.25, 0.3) is 0 Å². The van der Waals surface area contributed by atoms with Gasteiger partial charge in [-0.3, -0.25) is 4.68 Å². The minimum Gasteiger partial charge on any atom is -0.377 e. The first-order valence-corrected chi connectivity index (χ1v) is 9.96. The van der Waals surface area contributed by atoms with Crippen LogP contribution in [0, 0.1) is 11.3 Å². The molecule has 1 aromatic heterocycles. The zero-order valence-electron chi connectivity index (χ0n) is 14.7. The van der Waals surface area contributed by atoms with Gasteiger partial charge < -0.3 is 15.4 Å². The van der Waals surface area contributed by atoms with Crippen LogP contribution in [0.4, 0.5) is 4.79 Å². The highest BCUT2D eigenvalue weighted by atomic mass is 16.5. The quantitative estimate of drug-likeness (QED) is 0.886. The molecule has 2 amide bonds. The summed E-state index contributed by atoms with van der Waals surface area (Å²) in [6.45, 7) is 0.862.